The van der Waals surface area contributed by atoms with Gasteiger partial charge in [-0.1, -0.05) is 41.7 Å². The number of fused-ring (bicyclic) bond motifs is 2. The first-order valence-electron chi connectivity index (χ1n) is 8.64. The van der Waals surface area contributed by atoms with E-state index >= 15 is 0 Å². The lowest BCUT2D eigenvalue weighted by molar-refractivity contribution is 0.0270. The predicted octanol–water partition coefficient (Wildman–Crippen LogP) is 2.65. The predicted molar refractivity (Wildman–Crippen MR) is 98.5 cm³/mol. The van der Waals surface area contributed by atoms with E-state index in [1.54, 1.807) is 11.3 Å². The molecule has 3 saturated heterocycles. The number of thiazole rings is 1. The molecule has 4 aliphatic rings. The van der Waals surface area contributed by atoms with Crippen molar-refractivity contribution in [2.75, 3.05) is 31.5 Å². The van der Waals surface area contributed by atoms with Gasteiger partial charge in [-0.25, -0.2) is 4.98 Å². The fourth-order valence-corrected chi connectivity index (χ4v) is 5.09. The van der Waals surface area contributed by atoms with Crippen molar-refractivity contribution in [3.8, 4) is 10.4 Å². The van der Waals surface area contributed by atoms with Gasteiger partial charge >= 0.3 is 0 Å². The van der Waals surface area contributed by atoms with Gasteiger partial charge in [0.1, 0.15) is 0 Å². The van der Waals surface area contributed by atoms with E-state index in [0.717, 1.165) is 30.1 Å². The van der Waals surface area contributed by atoms with Crippen LogP contribution in [-0.2, 0) is 0 Å². The zero-order valence-electron chi connectivity index (χ0n) is 13.5. The summed E-state index contributed by atoms with van der Waals surface area (Å²) in [6.45, 7) is 4.51. The normalized spacial score (nSPS) is 31.1. The number of benzene rings is 1. The van der Waals surface area contributed by atoms with Crippen molar-refractivity contribution in [3.05, 3.63) is 36.5 Å². The Morgan fingerprint density at radius 3 is 2.79 bits per heavy atom. The largest absolute Gasteiger partial charge is 0.347 e. The maximum atomic E-state index is 4.74. The van der Waals surface area contributed by atoms with Crippen LogP contribution >= 0.6 is 11.3 Å². The number of anilines is 1. The molecule has 2 N–H and O–H groups in total. The molecule has 0 amide bonds. The lowest BCUT2D eigenvalue weighted by Crippen LogP contribution is -2.66. The molecule has 4 aliphatic heterocycles. The highest BCUT2D eigenvalue weighted by molar-refractivity contribution is 7.19. The Labute approximate surface area is 145 Å². The molecule has 3 fully saturated rings. The van der Waals surface area contributed by atoms with E-state index in [4.69, 9.17) is 4.99 Å². The van der Waals surface area contributed by atoms with E-state index < -0.39 is 0 Å². The summed E-state index contributed by atoms with van der Waals surface area (Å²) in [6.07, 6.45) is 4.53. The minimum atomic E-state index is 0.151. The molecule has 2 aromatic rings. The molecule has 2 bridgehead atoms. The second-order valence-corrected chi connectivity index (χ2v) is 8.05. The van der Waals surface area contributed by atoms with E-state index in [1.165, 1.54) is 36.4 Å². The number of guanidine groups is 1. The lowest BCUT2D eigenvalue weighted by Gasteiger charge is -2.51. The zero-order valence-corrected chi connectivity index (χ0v) is 14.4. The SMILES string of the molecule is c1ccc(-c2cnc(NC3=NCC4(CN5CCC4CC5)N3)s2)cc1. The third-order valence-corrected chi connectivity index (χ3v) is 6.51. The molecule has 1 aromatic heterocycles. The Morgan fingerprint density at radius 2 is 2.04 bits per heavy atom. The molecule has 1 spiro atoms. The molecule has 0 radical (unpaired) electrons. The third-order valence-electron chi connectivity index (χ3n) is 5.55. The molecule has 6 rings (SSSR count). The molecule has 124 valence electrons. The van der Waals surface area contributed by atoms with Crippen molar-refractivity contribution in [3.63, 3.8) is 0 Å². The van der Waals surface area contributed by atoms with Gasteiger partial charge in [-0.05, 0) is 37.4 Å². The lowest BCUT2D eigenvalue weighted by atomic mass is 9.73. The van der Waals surface area contributed by atoms with Crippen molar-refractivity contribution < 1.29 is 0 Å². The first-order valence-corrected chi connectivity index (χ1v) is 9.46. The number of rotatable bonds is 2. The summed E-state index contributed by atoms with van der Waals surface area (Å²) in [5.74, 6) is 1.64. The summed E-state index contributed by atoms with van der Waals surface area (Å²) in [4.78, 5) is 13.0. The minimum Gasteiger partial charge on any atom is -0.347 e. The van der Waals surface area contributed by atoms with Crippen LogP contribution in [0.15, 0.2) is 41.5 Å². The number of nitrogens with one attached hydrogen (secondary N) is 2. The highest BCUT2D eigenvalue weighted by atomic mass is 32.1. The Balaban J connectivity index is 1.29. The number of hydrogen-bond acceptors (Lipinski definition) is 6. The minimum absolute atomic E-state index is 0.151. The van der Waals surface area contributed by atoms with E-state index in [1.807, 2.05) is 12.3 Å². The summed E-state index contributed by atoms with van der Waals surface area (Å²) >= 11 is 1.67. The Hall–Kier alpha value is -1.92. The fraction of sp³-hybridized carbons (Fsp3) is 0.444. The monoisotopic (exact) mass is 339 g/mol. The van der Waals surface area contributed by atoms with Crippen molar-refractivity contribution in [2.45, 2.75) is 18.4 Å². The molecule has 5 nitrogen and oxygen atoms in total. The smallest absolute Gasteiger partial charge is 0.198 e. The van der Waals surface area contributed by atoms with Gasteiger partial charge in [-0.15, -0.1) is 0 Å². The molecule has 1 unspecified atom stereocenters. The first-order chi connectivity index (χ1) is 11.8. The standard InChI is InChI=1S/C18H21N5S/c1-2-4-13(5-3-1)15-10-19-17(24-15)21-16-20-11-18(22-16)12-23-8-6-14(18)7-9-23/h1-5,10,14H,6-9,11-12H2,(H2,19,20,21,22). The fourth-order valence-electron chi connectivity index (χ4n) is 4.27. The van der Waals surface area contributed by atoms with Gasteiger partial charge in [-0.2, -0.15) is 0 Å². The van der Waals surface area contributed by atoms with Crippen LogP contribution in [0.1, 0.15) is 12.8 Å². The van der Waals surface area contributed by atoms with Crippen molar-refractivity contribution in [1.29, 1.82) is 0 Å². The topological polar surface area (TPSA) is 52.6 Å². The van der Waals surface area contributed by atoms with Gasteiger partial charge in [0.15, 0.2) is 11.1 Å². The molecule has 1 atom stereocenters. The molecular formula is C18H21N5S. The van der Waals surface area contributed by atoms with Gasteiger partial charge < -0.3 is 15.5 Å². The van der Waals surface area contributed by atoms with E-state index in [0.29, 0.717) is 0 Å². The van der Waals surface area contributed by atoms with E-state index in [9.17, 15) is 0 Å². The van der Waals surface area contributed by atoms with Crippen molar-refractivity contribution in [2.24, 2.45) is 10.9 Å². The van der Waals surface area contributed by atoms with Gasteiger partial charge in [-0.3, -0.25) is 4.99 Å². The number of hydrogen-bond donors (Lipinski definition) is 2. The van der Waals surface area contributed by atoms with Crippen LogP contribution in [0.25, 0.3) is 10.4 Å². The average Bonchev–Trinajstić information content (AvgIpc) is 3.25. The summed E-state index contributed by atoms with van der Waals surface area (Å²) < 4.78 is 0. The molecule has 24 heavy (non-hydrogen) atoms. The Morgan fingerprint density at radius 1 is 1.21 bits per heavy atom. The quantitative estimate of drug-likeness (QED) is 0.883. The third kappa shape index (κ3) is 2.41. The summed E-state index contributed by atoms with van der Waals surface area (Å²) in [5, 5.41) is 7.99. The van der Waals surface area contributed by atoms with Crippen LogP contribution in [-0.4, -0.2) is 47.6 Å². The van der Waals surface area contributed by atoms with Crippen LogP contribution in [0.2, 0.25) is 0 Å². The van der Waals surface area contributed by atoms with Crippen LogP contribution in [0.3, 0.4) is 0 Å². The second-order valence-electron chi connectivity index (χ2n) is 7.02. The molecule has 1 aromatic carbocycles. The van der Waals surface area contributed by atoms with Crippen molar-refractivity contribution in [1.82, 2.24) is 15.2 Å². The van der Waals surface area contributed by atoms with Gasteiger partial charge in [0.2, 0.25) is 0 Å². The van der Waals surface area contributed by atoms with Crippen LogP contribution < -0.4 is 10.6 Å². The Bertz CT molecular complexity index is 763. The van der Waals surface area contributed by atoms with E-state index in [2.05, 4.69) is 44.8 Å². The zero-order chi connectivity index (χ0) is 16.0. The highest BCUT2D eigenvalue weighted by Crippen LogP contribution is 2.38. The molecule has 6 heteroatoms. The maximum absolute atomic E-state index is 4.74. The summed E-state index contributed by atoms with van der Waals surface area (Å²) in [6, 6.07) is 10.4. The van der Waals surface area contributed by atoms with E-state index in [-0.39, 0.29) is 5.54 Å². The van der Waals surface area contributed by atoms with Crippen molar-refractivity contribution >= 4 is 22.4 Å². The Kier molecular flexibility index (Phi) is 3.35. The van der Waals surface area contributed by atoms with Crippen LogP contribution in [0, 0.1) is 5.92 Å². The van der Waals surface area contributed by atoms with Crippen LogP contribution in [0.5, 0.6) is 0 Å². The molecule has 0 saturated carbocycles. The summed E-state index contributed by atoms with van der Waals surface area (Å²) in [7, 11) is 0. The molecule has 5 heterocycles. The number of aliphatic imine (C=N–C) groups is 1. The highest BCUT2D eigenvalue weighted by Gasteiger charge is 2.49. The van der Waals surface area contributed by atoms with Gasteiger partial charge in [0.25, 0.3) is 0 Å². The molecule has 0 aliphatic carbocycles. The summed E-state index contributed by atoms with van der Waals surface area (Å²) in [5.41, 5.74) is 1.36. The van der Waals surface area contributed by atoms with Gasteiger partial charge in [0, 0.05) is 12.7 Å². The number of aromatic nitrogens is 1. The molecular weight excluding hydrogens is 318 g/mol. The van der Waals surface area contributed by atoms with Gasteiger partial charge in [0.05, 0.1) is 17.0 Å². The number of piperidine rings is 3. The van der Waals surface area contributed by atoms with Crippen LogP contribution in [0.4, 0.5) is 5.13 Å². The first kappa shape index (κ1) is 14.4. The average molecular weight is 339 g/mol. The second kappa shape index (κ2) is 5.57. The maximum Gasteiger partial charge on any atom is 0.198 e. The number of nitrogens with zero attached hydrogens (tertiary/aromatic N) is 3.